The van der Waals surface area contributed by atoms with Crippen LogP contribution in [-0.2, 0) is 0 Å². The number of anilines is 1. The summed E-state index contributed by atoms with van der Waals surface area (Å²) < 4.78 is 5.47. The first-order valence-electron chi connectivity index (χ1n) is 5.29. The minimum atomic E-state index is -0.560. The Labute approximate surface area is 113 Å². The molecule has 2 aromatic rings. The van der Waals surface area contributed by atoms with Crippen molar-refractivity contribution in [3.8, 4) is 11.5 Å². The molecule has 2 rings (SSSR count). The number of ether oxygens (including phenoxy) is 1. The molecule has 98 valence electrons. The van der Waals surface area contributed by atoms with Crippen molar-refractivity contribution in [1.82, 2.24) is 0 Å². The maximum atomic E-state index is 11.1. The number of nitro benzene ring substituents is 1. The molecule has 0 saturated carbocycles. The van der Waals surface area contributed by atoms with Gasteiger partial charge in [-0.25, -0.2) is 0 Å². The molecular weight excluding hydrogens is 270 g/mol. The van der Waals surface area contributed by atoms with E-state index in [0.29, 0.717) is 10.8 Å². The quantitative estimate of drug-likeness (QED) is 0.509. The zero-order valence-electron chi connectivity index (χ0n) is 9.67. The first-order chi connectivity index (χ1) is 9.11. The molecule has 0 heterocycles. The summed E-state index contributed by atoms with van der Waals surface area (Å²) in [6.07, 6.45) is 0. The number of nitrogen functional groups attached to an aromatic ring is 1. The molecule has 2 aromatic carbocycles. The van der Waals surface area contributed by atoms with Gasteiger partial charge in [0.2, 0.25) is 5.75 Å². The third-order valence-electron chi connectivity index (χ3n) is 2.36. The Kier molecular flexibility index (Phi) is 3.84. The number of nitrogens with two attached hydrogens (primary N) is 1. The van der Waals surface area contributed by atoms with Crippen LogP contribution in [0.5, 0.6) is 11.5 Å². The molecule has 0 unspecified atom stereocenters. The van der Waals surface area contributed by atoms with Crippen LogP contribution in [0.15, 0.2) is 42.5 Å². The van der Waals surface area contributed by atoms with Gasteiger partial charge in [-0.15, -0.1) is 0 Å². The number of benzene rings is 2. The van der Waals surface area contributed by atoms with Crippen molar-refractivity contribution >= 4 is 23.0 Å². The van der Waals surface area contributed by atoms with Crippen LogP contribution in [0.4, 0.5) is 11.4 Å². The van der Waals surface area contributed by atoms with E-state index in [4.69, 9.17) is 22.2 Å². The molecular formula is C12H10ClN3O3. The lowest BCUT2D eigenvalue weighted by molar-refractivity contribution is -0.384. The summed E-state index contributed by atoms with van der Waals surface area (Å²) in [5.41, 5.74) is 2.21. The second-order valence-corrected chi connectivity index (χ2v) is 4.05. The van der Waals surface area contributed by atoms with Gasteiger partial charge >= 0.3 is 5.69 Å². The van der Waals surface area contributed by atoms with Crippen LogP contribution in [0, 0.1) is 10.1 Å². The molecule has 0 amide bonds. The summed E-state index contributed by atoms with van der Waals surface area (Å²) in [6.45, 7) is 0. The molecule has 0 fully saturated rings. The highest BCUT2D eigenvalue weighted by molar-refractivity contribution is 6.30. The molecule has 7 heteroatoms. The fourth-order valence-electron chi connectivity index (χ4n) is 1.57. The molecule has 19 heavy (non-hydrogen) atoms. The Bertz CT molecular complexity index is 619. The molecule has 0 saturated heterocycles. The maximum absolute atomic E-state index is 11.1. The van der Waals surface area contributed by atoms with E-state index in [1.54, 1.807) is 30.3 Å². The standard InChI is InChI=1S/C12H10ClN3O3/c13-8-3-1-4-9(7-8)19-11-6-2-5-10(15-14)12(11)16(17)18/h1-7,15H,14H2. The maximum Gasteiger partial charge on any atom is 0.335 e. The minimum absolute atomic E-state index is 0.0858. The lowest BCUT2D eigenvalue weighted by Gasteiger charge is -2.09. The monoisotopic (exact) mass is 279 g/mol. The number of hydrazine groups is 1. The SMILES string of the molecule is NNc1cccc(Oc2cccc(Cl)c2)c1[N+](=O)[O-]. The van der Waals surface area contributed by atoms with Gasteiger partial charge in [0.15, 0.2) is 0 Å². The molecule has 3 N–H and O–H groups in total. The van der Waals surface area contributed by atoms with E-state index >= 15 is 0 Å². The first-order valence-corrected chi connectivity index (χ1v) is 5.67. The third-order valence-corrected chi connectivity index (χ3v) is 2.60. The summed E-state index contributed by atoms with van der Waals surface area (Å²) in [5, 5.41) is 11.5. The fourth-order valence-corrected chi connectivity index (χ4v) is 1.75. The minimum Gasteiger partial charge on any atom is -0.450 e. The molecule has 6 nitrogen and oxygen atoms in total. The molecule has 0 atom stereocenters. The van der Waals surface area contributed by atoms with Crippen LogP contribution in [0.1, 0.15) is 0 Å². The van der Waals surface area contributed by atoms with Crippen LogP contribution in [0.3, 0.4) is 0 Å². The molecule has 0 aliphatic rings. The normalized spacial score (nSPS) is 10.0. The second kappa shape index (κ2) is 5.55. The van der Waals surface area contributed by atoms with Gasteiger partial charge in [0.25, 0.3) is 0 Å². The highest BCUT2D eigenvalue weighted by atomic mass is 35.5. The molecule has 0 aromatic heterocycles. The lowest BCUT2D eigenvalue weighted by atomic mass is 10.2. The van der Waals surface area contributed by atoms with E-state index in [0.717, 1.165) is 0 Å². The van der Waals surface area contributed by atoms with Gasteiger partial charge in [-0.2, -0.15) is 0 Å². The highest BCUT2D eigenvalue weighted by Gasteiger charge is 2.21. The third kappa shape index (κ3) is 2.93. The van der Waals surface area contributed by atoms with E-state index in [2.05, 4.69) is 5.43 Å². The van der Waals surface area contributed by atoms with Crippen LogP contribution in [-0.4, -0.2) is 4.92 Å². The van der Waals surface area contributed by atoms with Crippen molar-refractivity contribution in [3.05, 3.63) is 57.6 Å². The van der Waals surface area contributed by atoms with E-state index < -0.39 is 4.92 Å². The molecule has 0 aliphatic carbocycles. The van der Waals surface area contributed by atoms with Gasteiger partial charge in [0.05, 0.1) is 4.92 Å². The number of hydrogen-bond acceptors (Lipinski definition) is 5. The van der Waals surface area contributed by atoms with Gasteiger partial charge in [-0.05, 0) is 30.3 Å². The highest BCUT2D eigenvalue weighted by Crippen LogP contribution is 2.37. The zero-order valence-corrected chi connectivity index (χ0v) is 10.4. The van der Waals surface area contributed by atoms with Crippen molar-refractivity contribution in [3.63, 3.8) is 0 Å². The van der Waals surface area contributed by atoms with Crippen LogP contribution >= 0.6 is 11.6 Å². The predicted molar refractivity (Wildman–Crippen MR) is 72.4 cm³/mol. The second-order valence-electron chi connectivity index (χ2n) is 3.61. The Morgan fingerprint density at radius 1 is 1.26 bits per heavy atom. The van der Waals surface area contributed by atoms with Gasteiger partial charge in [0.1, 0.15) is 11.4 Å². The van der Waals surface area contributed by atoms with Crippen molar-refractivity contribution in [1.29, 1.82) is 0 Å². The fraction of sp³-hybridized carbons (Fsp3) is 0. The summed E-state index contributed by atoms with van der Waals surface area (Å²) in [4.78, 5) is 10.5. The van der Waals surface area contributed by atoms with E-state index in [-0.39, 0.29) is 17.1 Å². The molecule has 0 spiro atoms. The van der Waals surface area contributed by atoms with Gasteiger partial charge < -0.3 is 10.2 Å². The lowest BCUT2D eigenvalue weighted by Crippen LogP contribution is -2.09. The van der Waals surface area contributed by atoms with E-state index in [1.165, 1.54) is 12.1 Å². The smallest absolute Gasteiger partial charge is 0.335 e. The molecule has 0 bridgehead atoms. The Morgan fingerprint density at radius 3 is 2.63 bits per heavy atom. The molecule has 0 radical (unpaired) electrons. The summed E-state index contributed by atoms with van der Waals surface area (Å²) in [5.74, 6) is 5.74. The topological polar surface area (TPSA) is 90.4 Å². The Morgan fingerprint density at radius 2 is 2.00 bits per heavy atom. The van der Waals surface area contributed by atoms with Gasteiger partial charge in [0, 0.05) is 5.02 Å². The van der Waals surface area contributed by atoms with Crippen molar-refractivity contribution in [2.75, 3.05) is 5.43 Å². The summed E-state index contributed by atoms with van der Waals surface area (Å²) in [7, 11) is 0. The van der Waals surface area contributed by atoms with Crippen molar-refractivity contribution in [2.45, 2.75) is 0 Å². The zero-order chi connectivity index (χ0) is 13.8. The number of nitro groups is 1. The van der Waals surface area contributed by atoms with Crippen LogP contribution in [0.2, 0.25) is 5.02 Å². The average Bonchev–Trinajstić information content (AvgIpc) is 2.38. The number of hydrogen-bond donors (Lipinski definition) is 2. The largest absolute Gasteiger partial charge is 0.450 e. The van der Waals surface area contributed by atoms with Gasteiger partial charge in [-0.3, -0.25) is 16.0 Å². The summed E-state index contributed by atoms with van der Waals surface area (Å²) in [6, 6.07) is 11.2. The van der Waals surface area contributed by atoms with Crippen molar-refractivity contribution < 1.29 is 9.66 Å². The predicted octanol–water partition coefficient (Wildman–Crippen LogP) is 3.33. The van der Waals surface area contributed by atoms with Crippen LogP contribution in [0.25, 0.3) is 0 Å². The van der Waals surface area contributed by atoms with E-state index in [1.807, 2.05) is 0 Å². The Balaban J connectivity index is 2.42. The number of para-hydroxylation sites is 1. The number of nitrogens with zero attached hydrogens (tertiary/aromatic N) is 1. The molecule has 0 aliphatic heterocycles. The van der Waals surface area contributed by atoms with E-state index in [9.17, 15) is 10.1 Å². The van der Waals surface area contributed by atoms with Crippen LogP contribution < -0.4 is 16.0 Å². The number of nitrogens with one attached hydrogen (secondary N) is 1. The van der Waals surface area contributed by atoms with Gasteiger partial charge in [-0.1, -0.05) is 23.7 Å². The van der Waals surface area contributed by atoms with Crippen molar-refractivity contribution in [2.24, 2.45) is 5.84 Å². The number of halogens is 1. The Hall–Kier alpha value is -2.31. The average molecular weight is 280 g/mol. The number of rotatable bonds is 4. The first kappa shape index (κ1) is 13.1. The summed E-state index contributed by atoms with van der Waals surface area (Å²) >= 11 is 5.83.